The molecule has 11 heavy (non-hydrogen) atoms. The maximum Gasteiger partial charge on any atom is 0.0223 e. The molecule has 2 heteroatoms. The van der Waals surface area contributed by atoms with E-state index in [2.05, 4.69) is 26.8 Å². The molecule has 0 spiro atoms. The van der Waals surface area contributed by atoms with Crippen molar-refractivity contribution >= 4 is 17.0 Å². The maximum absolute atomic E-state index is 5.75. The van der Waals surface area contributed by atoms with Gasteiger partial charge in [-0.05, 0) is 19.3 Å². The standard InChI is InChI=1S/C9H19N.BrH/c1-4-8(5-2)7-9(10)6-3;/h7,9H,4-6,10H2,1-3H3;1H. The molecule has 0 rings (SSSR count). The van der Waals surface area contributed by atoms with Crippen LogP contribution >= 0.6 is 17.0 Å². The predicted molar refractivity (Wildman–Crippen MR) is 57.3 cm³/mol. The summed E-state index contributed by atoms with van der Waals surface area (Å²) >= 11 is 0. The second-order valence-corrected chi connectivity index (χ2v) is 2.60. The fourth-order valence-corrected chi connectivity index (χ4v) is 0.906. The van der Waals surface area contributed by atoms with Gasteiger partial charge in [0.05, 0.1) is 0 Å². The summed E-state index contributed by atoms with van der Waals surface area (Å²) < 4.78 is 0. The van der Waals surface area contributed by atoms with Gasteiger partial charge in [0.2, 0.25) is 0 Å². The molecule has 0 heterocycles. The smallest absolute Gasteiger partial charge is 0.0223 e. The van der Waals surface area contributed by atoms with Crippen molar-refractivity contribution in [1.29, 1.82) is 0 Å². The molecule has 0 aliphatic carbocycles. The first-order chi connectivity index (χ1) is 4.74. The normalized spacial score (nSPS) is 11.6. The average molecular weight is 222 g/mol. The highest BCUT2D eigenvalue weighted by Gasteiger charge is 1.95. The van der Waals surface area contributed by atoms with E-state index in [1.807, 2.05) is 0 Å². The number of hydrogen-bond donors (Lipinski definition) is 1. The summed E-state index contributed by atoms with van der Waals surface area (Å²) in [6.07, 6.45) is 5.53. The van der Waals surface area contributed by atoms with Gasteiger partial charge in [0.15, 0.2) is 0 Å². The molecule has 0 amide bonds. The first-order valence-electron chi connectivity index (χ1n) is 4.19. The monoisotopic (exact) mass is 221 g/mol. The fourth-order valence-electron chi connectivity index (χ4n) is 0.906. The first-order valence-corrected chi connectivity index (χ1v) is 4.19. The maximum atomic E-state index is 5.75. The molecular formula is C9H20BrN. The van der Waals surface area contributed by atoms with Crippen LogP contribution < -0.4 is 5.73 Å². The molecule has 1 unspecified atom stereocenters. The third-order valence-electron chi connectivity index (χ3n) is 1.83. The van der Waals surface area contributed by atoms with E-state index in [1.54, 1.807) is 0 Å². The zero-order chi connectivity index (χ0) is 7.98. The van der Waals surface area contributed by atoms with Gasteiger partial charge in [-0.2, -0.15) is 0 Å². The highest BCUT2D eigenvalue weighted by Crippen LogP contribution is 2.06. The van der Waals surface area contributed by atoms with Crippen LogP contribution in [0.4, 0.5) is 0 Å². The number of hydrogen-bond acceptors (Lipinski definition) is 1. The lowest BCUT2D eigenvalue weighted by Gasteiger charge is -2.05. The van der Waals surface area contributed by atoms with E-state index in [-0.39, 0.29) is 23.0 Å². The summed E-state index contributed by atoms with van der Waals surface area (Å²) in [7, 11) is 0. The summed E-state index contributed by atoms with van der Waals surface area (Å²) in [6.45, 7) is 6.47. The average Bonchev–Trinajstić information content (AvgIpc) is 1.99. The lowest BCUT2D eigenvalue weighted by molar-refractivity contribution is 0.764. The van der Waals surface area contributed by atoms with Gasteiger partial charge in [-0.25, -0.2) is 0 Å². The van der Waals surface area contributed by atoms with Crippen LogP contribution in [0.1, 0.15) is 40.0 Å². The van der Waals surface area contributed by atoms with Gasteiger partial charge in [-0.1, -0.05) is 32.4 Å². The minimum atomic E-state index is 0. The lowest BCUT2D eigenvalue weighted by Crippen LogP contribution is -2.15. The summed E-state index contributed by atoms with van der Waals surface area (Å²) in [5, 5.41) is 0. The van der Waals surface area contributed by atoms with Crippen LogP contribution in [0.15, 0.2) is 11.6 Å². The van der Waals surface area contributed by atoms with Crippen molar-refractivity contribution in [1.82, 2.24) is 0 Å². The van der Waals surface area contributed by atoms with Gasteiger partial charge in [-0.15, -0.1) is 17.0 Å². The van der Waals surface area contributed by atoms with Crippen LogP contribution in [0.3, 0.4) is 0 Å². The Bertz CT molecular complexity index is 104. The molecule has 0 aromatic rings. The number of nitrogens with two attached hydrogens (primary N) is 1. The number of rotatable bonds is 4. The third-order valence-corrected chi connectivity index (χ3v) is 1.83. The van der Waals surface area contributed by atoms with Crippen LogP contribution in [0.5, 0.6) is 0 Å². The van der Waals surface area contributed by atoms with Crippen LogP contribution in [0, 0.1) is 0 Å². The highest BCUT2D eigenvalue weighted by atomic mass is 79.9. The summed E-state index contributed by atoms with van der Waals surface area (Å²) in [5.41, 5.74) is 7.23. The Balaban J connectivity index is 0. The Kier molecular flexibility index (Phi) is 10.3. The summed E-state index contributed by atoms with van der Waals surface area (Å²) in [5.74, 6) is 0. The lowest BCUT2D eigenvalue weighted by atomic mass is 10.1. The molecule has 1 nitrogen and oxygen atoms in total. The molecule has 0 aliphatic rings. The molecule has 0 saturated carbocycles. The Hall–Kier alpha value is 0.180. The van der Waals surface area contributed by atoms with Crippen molar-refractivity contribution in [2.75, 3.05) is 0 Å². The van der Waals surface area contributed by atoms with Crippen molar-refractivity contribution in [2.45, 2.75) is 46.1 Å². The van der Waals surface area contributed by atoms with Gasteiger partial charge in [0, 0.05) is 6.04 Å². The second-order valence-electron chi connectivity index (χ2n) is 2.60. The van der Waals surface area contributed by atoms with Gasteiger partial charge in [0.25, 0.3) is 0 Å². The molecule has 0 aromatic carbocycles. The van der Waals surface area contributed by atoms with Gasteiger partial charge < -0.3 is 5.73 Å². The van der Waals surface area contributed by atoms with Crippen LogP contribution in [0.2, 0.25) is 0 Å². The summed E-state index contributed by atoms with van der Waals surface area (Å²) in [4.78, 5) is 0. The zero-order valence-corrected chi connectivity index (χ0v) is 9.47. The van der Waals surface area contributed by atoms with Crippen molar-refractivity contribution in [3.63, 3.8) is 0 Å². The van der Waals surface area contributed by atoms with E-state index in [4.69, 9.17) is 5.73 Å². The van der Waals surface area contributed by atoms with Gasteiger partial charge in [-0.3, -0.25) is 0 Å². The quantitative estimate of drug-likeness (QED) is 0.727. The molecule has 0 saturated heterocycles. The minimum Gasteiger partial charge on any atom is -0.324 e. The first kappa shape index (κ1) is 13.7. The van der Waals surface area contributed by atoms with E-state index in [1.165, 1.54) is 5.57 Å². The molecule has 2 N–H and O–H groups in total. The Morgan fingerprint density at radius 3 is 2.00 bits per heavy atom. The van der Waals surface area contributed by atoms with E-state index in [0.717, 1.165) is 19.3 Å². The third kappa shape index (κ3) is 6.57. The largest absolute Gasteiger partial charge is 0.324 e. The summed E-state index contributed by atoms with van der Waals surface area (Å²) in [6, 6.07) is 0.273. The minimum absolute atomic E-state index is 0. The van der Waals surface area contributed by atoms with E-state index in [0.29, 0.717) is 0 Å². The SMILES string of the molecule is Br.CCC(=CC(N)CC)CC. The van der Waals surface area contributed by atoms with Crippen LogP contribution in [0.25, 0.3) is 0 Å². The van der Waals surface area contributed by atoms with E-state index >= 15 is 0 Å². The molecule has 68 valence electrons. The Morgan fingerprint density at radius 1 is 1.27 bits per heavy atom. The van der Waals surface area contributed by atoms with Crippen LogP contribution in [-0.4, -0.2) is 6.04 Å². The fraction of sp³-hybridized carbons (Fsp3) is 0.778. The number of allylic oxidation sites excluding steroid dienone is 1. The van der Waals surface area contributed by atoms with E-state index < -0.39 is 0 Å². The van der Waals surface area contributed by atoms with Crippen LogP contribution in [-0.2, 0) is 0 Å². The van der Waals surface area contributed by atoms with Crippen molar-refractivity contribution in [3.05, 3.63) is 11.6 Å². The number of halogens is 1. The topological polar surface area (TPSA) is 26.0 Å². The molecule has 0 aromatic heterocycles. The molecule has 1 atom stereocenters. The van der Waals surface area contributed by atoms with Gasteiger partial charge >= 0.3 is 0 Å². The van der Waals surface area contributed by atoms with Crippen molar-refractivity contribution < 1.29 is 0 Å². The molecule has 0 aliphatic heterocycles. The zero-order valence-electron chi connectivity index (χ0n) is 7.76. The van der Waals surface area contributed by atoms with E-state index in [9.17, 15) is 0 Å². The molecule has 0 fully saturated rings. The Labute approximate surface area is 80.8 Å². The molecular weight excluding hydrogens is 202 g/mol. The molecule has 0 bridgehead atoms. The predicted octanol–water partition coefficient (Wildman–Crippen LogP) is 3.05. The van der Waals surface area contributed by atoms with Crippen molar-refractivity contribution in [3.8, 4) is 0 Å². The second kappa shape index (κ2) is 8.28. The molecule has 0 radical (unpaired) electrons. The Morgan fingerprint density at radius 2 is 1.73 bits per heavy atom. The van der Waals surface area contributed by atoms with Crippen molar-refractivity contribution in [2.24, 2.45) is 5.73 Å². The highest BCUT2D eigenvalue weighted by molar-refractivity contribution is 8.93. The van der Waals surface area contributed by atoms with Gasteiger partial charge in [0.1, 0.15) is 0 Å².